The normalized spacial score (nSPS) is 12.1. The molecule has 5 heteroatoms. The highest BCUT2D eigenvalue weighted by atomic mass is 32.1. The third-order valence-corrected chi connectivity index (χ3v) is 15.2. The van der Waals surface area contributed by atoms with Crippen molar-refractivity contribution in [1.82, 2.24) is 9.97 Å². The summed E-state index contributed by atoms with van der Waals surface area (Å²) in [6.45, 7) is 0. The molecule has 0 fully saturated rings. The Morgan fingerprint density at radius 3 is 1.42 bits per heavy atom. The van der Waals surface area contributed by atoms with Crippen LogP contribution < -0.4 is 0 Å². The van der Waals surface area contributed by atoms with E-state index in [1.54, 1.807) is 11.3 Å². The van der Waals surface area contributed by atoms with Gasteiger partial charge < -0.3 is 8.83 Å². The molecule has 0 bridgehead atoms. The first-order valence-electron chi connectivity index (χ1n) is 23.3. The molecule has 0 aliphatic heterocycles. The maximum atomic E-state index is 6.66. The van der Waals surface area contributed by atoms with Gasteiger partial charge in [-0.3, -0.25) is 0 Å². The zero-order valence-electron chi connectivity index (χ0n) is 36.9. The van der Waals surface area contributed by atoms with Crippen molar-refractivity contribution >= 4 is 108 Å². The number of furan rings is 2. The van der Waals surface area contributed by atoms with Gasteiger partial charge in [-0.05, 0) is 126 Å². The molecule has 4 heterocycles. The maximum Gasteiger partial charge on any atom is 0.161 e. The summed E-state index contributed by atoms with van der Waals surface area (Å²) in [7, 11) is 0. The second-order valence-electron chi connectivity index (χ2n) is 18.0. The van der Waals surface area contributed by atoms with E-state index in [-0.39, 0.29) is 0 Å². The summed E-state index contributed by atoms with van der Waals surface area (Å²) in [4.78, 5) is 11.6. The SMILES string of the molecule is c1ccc(-c2ccc3sc4nc(-c5ccccc5)nc(-c5cccc6oc7ccc(-c8ccc9oc%10ccc(-c%11ccc%12c%13ccccc%13c%13ccccc%13c%12c%11)cc%10c9c8)cc7c56)c4c3c2)cc1. The molecule has 0 saturated carbocycles. The predicted octanol–water partition coefficient (Wildman–Crippen LogP) is 18.4. The van der Waals surface area contributed by atoms with Crippen LogP contribution in [0.3, 0.4) is 0 Å². The van der Waals surface area contributed by atoms with Crippen molar-refractivity contribution in [2.75, 3.05) is 0 Å². The van der Waals surface area contributed by atoms with Gasteiger partial charge in [0.05, 0.1) is 5.69 Å². The van der Waals surface area contributed by atoms with Gasteiger partial charge in [0.2, 0.25) is 0 Å². The highest BCUT2D eigenvalue weighted by Crippen LogP contribution is 2.46. The Morgan fingerprint density at radius 2 is 0.768 bits per heavy atom. The first-order chi connectivity index (χ1) is 34.2. The van der Waals surface area contributed by atoms with Crippen LogP contribution in [0.25, 0.3) is 153 Å². The summed E-state index contributed by atoms with van der Waals surface area (Å²) in [6, 6.07) is 78.0. The Hall–Kier alpha value is -8.90. The van der Waals surface area contributed by atoms with Gasteiger partial charge in [-0.1, -0.05) is 158 Å². The van der Waals surface area contributed by atoms with Gasteiger partial charge in [0.25, 0.3) is 0 Å². The van der Waals surface area contributed by atoms with Crippen molar-refractivity contribution in [3.05, 3.63) is 218 Å². The third kappa shape index (κ3) is 5.94. The Kier molecular flexibility index (Phi) is 8.20. The number of thiophene rings is 1. The average molecular weight is 897 g/mol. The lowest BCUT2D eigenvalue weighted by molar-refractivity contribution is 0.668. The minimum absolute atomic E-state index is 0.699. The van der Waals surface area contributed by atoms with Crippen molar-refractivity contribution in [2.24, 2.45) is 0 Å². The van der Waals surface area contributed by atoms with E-state index < -0.39 is 0 Å². The van der Waals surface area contributed by atoms with Crippen LogP contribution in [-0.4, -0.2) is 9.97 Å². The molecule has 15 aromatic rings. The van der Waals surface area contributed by atoms with E-state index in [1.165, 1.54) is 48.1 Å². The lowest BCUT2D eigenvalue weighted by Crippen LogP contribution is -1.94. The second-order valence-corrected chi connectivity index (χ2v) is 19.0. The lowest BCUT2D eigenvalue weighted by Gasteiger charge is -2.12. The number of hydrogen-bond acceptors (Lipinski definition) is 5. The molecule has 0 unspecified atom stereocenters. The first-order valence-corrected chi connectivity index (χ1v) is 24.1. The fourth-order valence-electron chi connectivity index (χ4n) is 10.8. The number of fused-ring (bicyclic) bond motifs is 15. The Bertz CT molecular complexity index is 4570. The molecule has 4 aromatic heterocycles. The Labute approximate surface area is 399 Å². The number of benzene rings is 11. The predicted molar refractivity (Wildman–Crippen MR) is 289 cm³/mol. The van der Waals surface area contributed by atoms with E-state index in [4.69, 9.17) is 18.8 Å². The van der Waals surface area contributed by atoms with Crippen molar-refractivity contribution in [3.63, 3.8) is 0 Å². The minimum atomic E-state index is 0.699. The van der Waals surface area contributed by atoms with Crippen LogP contribution in [0.15, 0.2) is 227 Å². The molecule has 0 N–H and O–H groups in total. The maximum absolute atomic E-state index is 6.66. The van der Waals surface area contributed by atoms with E-state index >= 15 is 0 Å². The molecule has 320 valence electrons. The summed E-state index contributed by atoms with van der Waals surface area (Å²) in [5.41, 5.74) is 13.1. The van der Waals surface area contributed by atoms with Gasteiger partial charge in [0.1, 0.15) is 27.2 Å². The molecule has 11 aromatic carbocycles. The van der Waals surface area contributed by atoms with Crippen LogP contribution in [0, 0.1) is 0 Å². The first kappa shape index (κ1) is 38.2. The highest BCUT2D eigenvalue weighted by molar-refractivity contribution is 7.25. The van der Waals surface area contributed by atoms with Crippen LogP contribution in [0.1, 0.15) is 0 Å². The van der Waals surface area contributed by atoms with Crippen LogP contribution in [0.5, 0.6) is 0 Å². The summed E-state index contributed by atoms with van der Waals surface area (Å²) in [5.74, 6) is 0.699. The Balaban J connectivity index is 0.888. The number of hydrogen-bond donors (Lipinski definition) is 0. The van der Waals surface area contributed by atoms with Gasteiger partial charge >= 0.3 is 0 Å². The van der Waals surface area contributed by atoms with Gasteiger partial charge in [-0.25, -0.2) is 9.97 Å². The number of rotatable bonds is 5. The average Bonchev–Trinajstić information content (AvgIpc) is 4.11. The van der Waals surface area contributed by atoms with Gasteiger partial charge in [0, 0.05) is 48.1 Å². The van der Waals surface area contributed by atoms with E-state index in [9.17, 15) is 0 Å². The van der Waals surface area contributed by atoms with E-state index in [0.29, 0.717) is 5.82 Å². The monoisotopic (exact) mass is 896 g/mol. The molecule has 4 nitrogen and oxygen atoms in total. The van der Waals surface area contributed by atoms with Crippen LogP contribution in [0.4, 0.5) is 0 Å². The highest BCUT2D eigenvalue weighted by Gasteiger charge is 2.22. The molecular weight excluding hydrogens is 861 g/mol. The minimum Gasteiger partial charge on any atom is -0.456 e. The third-order valence-electron chi connectivity index (χ3n) is 14.1. The van der Waals surface area contributed by atoms with Crippen LogP contribution in [-0.2, 0) is 0 Å². The molecule has 0 aliphatic carbocycles. The molecule has 0 spiro atoms. The van der Waals surface area contributed by atoms with E-state index in [2.05, 4.69) is 200 Å². The topological polar surface area (TPSA) is 52.1 Å². The molecule has 0 aliphatic rings. The standard InChI is InChI=1S/C64H36N2O2S/c1-3-12-37(13-4-1)39-26-31-59-54(36-39)61-62(65-63(66-64(61)69-59)38-14-5-2-6-15-38)49-20-11-21-58-60(49)53-35-43(25-30-57(53)68-58)42-24-29-56-52(34-42)51-33-41(23-28-55(51)67-56)40-22-27-48-46-18-8-7-16-44(46)45-17-9-10-19-47(45)50(48)32-40/h1-36H. The largest absolute Gasteiger partial charge is 0.456 e. The fourth-order valence-corrected chi connectivity index (χ4v) is 11.9. The molecule has 0 saturated heterocycles. The van der Waals surface area contributed by atoms with E-state index in [0.717, 1.165) is 98.6 Å². The van der Waals surface area contributed by atoms with E-state index in [1.807, 2.05) is 18.2 Å². The lowest BCUT2D eigenvalue weighted by atomic mass is 9.92. The van der Waals surface area contributed by atoms with Crippen molar-refractivity contribution in [1.29, 1.82) is 0 Å². The zero-order valence-corrected chi connectivity index (χ0v) is 37.7. The van der Waals surface area contributed by atoms with Gasteiger partial charge in [0.15, 0.2) is 5.82 Å². The van der Waals surface area contributed by atoms with Gasteiger partial charge in [-0.2, -0.15) is 0 Å². The second kappa shape index (κ2) is 14.8. The Morgan fingerprint density at radius 1 is 0.290 bits per heavy atom. The number of nitrogens with zero attached hydrogens (tertiary/aromatic N) is 2. The number of aromatic nitrogens is 2. The van der Waals surface area contributed by atoms with Crippen LogP contribution in [0.2, 0.25) is 0 Å². The molecular formula is C64H36N2O2S. The van der Waals surface area contributed by atoms with Crippen molar-refractivity contribution in [3.8, 4) is 56.0 Å². The summed E-state index contributed by atoms with van der Waals surface area (Å²) in [5, 5.41) is 14.0. The fraction of sp³-hybridized carbons (Fsp3) is 0. The molecule has 0 radical (unpaired) electrons. The van der Waals surface area contributed by atoms with Crippen molar-refractivity contribution < 1.29 is 8.83 Å². The molecule has 0 amide bonds. The van der Waals surface area contributed by atoms with Crippen molar-refractivity contribution in [2.45, 2.75) is 0 Å². The smallest absolute Gasteiger partial charge is 0.161 e. The zero-order chi connectivity index (χ0) is 45.2. The quantitative estimate of drug-likeness (QED) is 0.162. The summed E-state index contributed by atoms with van der Waals surface area (Å²) >= 11 is 1.71. The summed E-state index contributed by atoms with van der Waals surface area (Å²) < 4.78 is 14.3. The molecule has 15 rings (SSSR count). The molecule has 0 atom stereocenters. The van der Waals surface area contributed by atoms with Crippen LogP contribution >= 0.6 is 11.3 Å². The molecule has 69 heavy (non-hydrogen) atoms. The van der Waals surface area contributed by atoms with Gasteiger partial charge in [-0.15, -0.1) is 11.3 Å². The summed E-state index contributed by atoms with van der Waals surface area (Å²) in [6.07, 6.45) is 0.